The molecule has 2 heterocycles. The van der Waals surface area contributed by atoms with E-state index in [1.54, 1.807) is 11.3 Å². The maximum absolute atomic E-state index is 14.2. The van der Waals surface area contributed by atoms with Gasteiger partial charge < -0.3 is 14.4 Å². The van der Waals surface area contributed by atoms with Crippen molar-refractivity contribution < 1.29 is 14.3 Å². The Morgan fingerprint density at radius 3 is 2.38 bits per heavy atom. The van der Waals surface area contributed by atoms with Gasteiger partial charge in [-0.3, -0.25) is 4.90 Å². The van der Waals surface area contributed by atoms with Gasteiger partial charge in [0.1, 0.15) is 24.1 Å². The normalized spacial score (nSPS) is 14.3. The Labute approximate surface area is 293 Å². The Kier molecular flexibility index (Phi) is 11.1. The topological polar surface area (TPSA) is 42.0 Å². The Morgan fingerprint density at radius 2 is 1.62 bits per heavy atom. The molecular weight excluding hydrogens is 636 g/mol. The van der Waals surface area contributed by atoms with Gasteiger partial charge in [0.15, 0.2) is 0 Å². The van der Waals surface area contributed by atoms with Crippen molar-refractivity contribution in [2.45, 2.75) is 32.4 Å². The second-order valence-electron chi connectivity index (χ2n) is 12.2. The number of fused-ring (bicyclic) bond motifs is 1. The summed E-state index contributed by atoms with van der Waals surface area (Å²) in [6, 6.07) is 35.7. The van der Waals surface area contributed by atoms with Crippen LogP contribution in [-0.4, -0.2) is 49.6 Å². The summed E-state index contributed by atoms with van der Waals surface area (Å²) < 4.78 is 12.2. The number of rotatable bonds is 12. The average Bonchev–Trinajstić information content (AvgIpc) is 3.57. The van der Waals surface area contributed by atoms with Gasteiger partial charge in [-0.1, -0.05) is 91.3 Å². The third-order valence-electron chi connectivity index (χ3n) is 8.69. The van der Waals surface area contributed by atoms with E-state index >= 15 is 0 Å². The first-order valence-electron chi connectivity index (χ1n) is 16.4. The number of carbonyl (C=O) groups excluding carboxylic acids is 1. The van der Waals surface area contributed by atoms with Crippen LogP contribution in [0.5, 0.6) is 11.5 Å². The molecular formula is C41H41ClN2O3S. The van der Waals surface area contributed by atoms with E-state index in [1.807, 2.05) is 74.8 Å². The van der Waals surface area contributed by atoms with E-state index in [1.165, 1.54) is 16.0 Å². The lowest BCUT2D eigenvalue weighted by Crippen LogP contribution is -2.39. The number of nitrogens with zero attached hydrogens (tertiary/aromatic N) is 2. The van der Waals surface area contributed by atoms with Crippen LogP contribution in [0.25, 0.3) is 11.1 Å². The first-order valence-corrected chi connectivity index (χ1v) is 17.7. The van der Waals surface area contributed by atoms with Crippen LogP contribution < -0.4 is 9.47 Å². The average molecular weight is 677 g/mol. The predicted octanol–water partition coefficient (Wildman–Crippen LogP) is 9.42. The molecule has 5 nitrogen and oxygen atoms in total. The van der Waals surface area contributed by atoms with Gasteiger partial charge in [0.05, 0.1) is 0 Å². The Balaban J connectivity index is 1.34. The number of hydrogen-bond donors (Lipinski definition) is 0. The zero-order chi connectivity index (χ0) is 33.5. The van der Waals surface area contributed by atoms with Crippen LogP contribution in [0.1, 0.15) is 52.1 Å². The summed E-state index contributed by atoms with van der Waals surface area (Å²) in [5, 5.41) is 2.68. The summed E-state index contributed by atoms with van der Waals surface area (Å²) in [5.74, 6) is 0.980. The maximum Gasteiger partial charge on any atom is 0.333 e. The van der Waals surface area contributed by atoms with Crippen molar-refractivity contribution in [3.8, 4) is 11.5 Å². The molecule has 1 aliphatic rings. The van der Waals surface area contributed by atoms with E-state index in [9.17, 15) is 4.79 Å². The summed E-state index contributed by atoms with van der Waals surface area (Å²) in [6.45, 7) is 5.06. The lowest BCUT2D eigenvalue weighted by Gasteiger charge is -2.33. The highest BCUT2D eigenvalue weighted by molar-refractivity contribution is 7.10. The van der Waals surface area contributed by atoms with Crippen molar-refractivity contribution in [1.82, 2.24) is 9.80 Å². The minimum atomic E-state index is -0.638. The molecule has 0 saturated carbocycles. The van der Waals surface area contributed by atoms with Gasteiger partial charge in [-0.2, -0.15) is 0 Å². The van der Waals surface area contributed by atoms with Gasteiger partial charge in [-0.25, -0.2) is 4.79 Å². The largest absolute Gasteiger partial charge is 0.492 e. The van der Waals surface area contributed by atoms with Gasteiger partial charge in [-0.05, 0) is 108 Å². The van der Waals surface area contributed by atoms with E-state index in [2.05, 4.69) is 70.6 Å². The summed E-state index contributed by atoms with van der Waals surface area (Å²) in [6.07, 6.45) is 1.71. The fourth-order valence-corrected chi connectivity index (χ4v) is 7.42. The SMILES string of the molecule is CC/C(=C(/c1ccc(OCCN(C)C)cc1)c1cccc(OC(=O)[C@H](c2ccccc2Cl)N2CCc3sccc3C2)c1)c1ccccc1. The molecule has 5 aromatic rings. The fourth-order valence-electron chi connectivity index (χ4n) is 6.29. The van der Waals surface area contributed by atoms with Gasteiger partial charge in [0.25, 0.3) is 0 Å². The monoisotopic (exact) mass is 676 g/mol. The lowest BCUT2D eigenvalue weighted by atomic mass is 9.88. The molecule has 0 aliphatic carbocycles. The second kappa shape index (κ2) is 15.8. The zero-order valence-electron chi connectivity index (χ0n) is 27.7. The molecule has 0 amide bonds. The minimum Gasteiger partial charge on any atom is -0.492 e. The van der Waals surface area contributed by atoms with Crippen LogP contribution in [0.15, 0.2) is 115 Å². The van der Waals surface area contributed by atoms with Crippen molar-refractivity contribution in [2.24, 2.45) is 0 Å². The lowest BCUT2D eigenvalue weighted by molar-refractivity contribution is -0.141. The van der Waals surface area contributed by atoms with Crippen LogP contribution in [0.2, 0.25) is 5.02 Å². The van der Waals surface area contributed by atoms with E-state index in [4.69, 9.17) is 21.1 Å². The summed E-state index contributed by atoms with van der Waals surface area (Å²) in [7, 11) is 4.07. The highest BCUT2D eigenvalue weighted by Gasteiger charge is 2.34. The van der Waals surface area contributed by atoms with Crippen molar-refractivity contribution in [3.63, 3.8) is 0 Å². The van der Waals surface area contributed by atoms with E-state index in [-0.39, 0.29) is 5.97 Å². The highest BCUT2D eigenvalue weighted by Crippen LogP contribution is 2.38. The summed E-state index contributed by atoms with van der Waals surface area (Å²) in [4.78, 5) is 19.9. The molecule has 4 aromatic carbocycles. The molecule has 0 bridgehead atoms. The molecule has 1 atom stereocenters. The molecule has 1 aliphatic heterocycles. The quantitative estimate of drug-likeness (QED) is 0.0748. The predicted molar refractivity (Wildman–Crippen MR) is 198 cm³/mol. The smallest absolute Gasteiger partial charge is 0.333 e. The molecule has 6 rings (SSSR count). The van der Waals surface area contributed by atoms with Crippen LogP contribution in [0.4, 0.5) is 0 Å². The number of halogens is 1. The molecule has 0 saturated heterocycles. The van der Waals surface area contributed by atoms with Crippen molar-refractivity contribution in [1.29, 1.82) is 0 Å². The standard InChI is InChI=1S/C41H41ClN2O3S/c1-4-35(29-11-6-5-7-12-29)39(30-17-19-33(20-18-30)46-25-24-43(2)3)31-13-10-14-34(27-31)47-41(45)40(36-15-8-9-16-37(36)42)44-23-21-38-32(28-44)22-26-48-38/h5-20,22,26-27,40H,4,21,23-25,28H2,1-3H3/b39-35+/t40-/m0/s1. The highest BCUT2D eigenvalue weighted by atomic mass is 35.5. The Hall–Kier alpha value is -4.20. The van der Waals surface area contributed by atoms with Gasteiger partial charge >= 0.3 is 5.97 Å². The van der Waals surface area contributed by atoms with Crippen LogP contribution in [-0.2, 0) is 17.8 Å². The number of ether oxygens (including phenoxy) is 2. The third-order valence-corrected chi connectivity index (χ3v) is 10.1. The zero-order valence-corrected chi connectivity index (χ0v) is 29.3. The van der Waals surface area contributed by atoms with Crippen molar-refractivity contribution in [2.75, 3.05) is 33.8 Å². The fraction of sp³-hybridized carbons (Fsp3) is 0.244. The summed E-state index contributed by atoms with van der Waals surface area (Å²) >= 11 is 8.49. The van der Waals surface area contributed by atoms with Crippen LogP contribution >= 0.6 is 22.9 Å². The van der Waals surface area contributed by atoms with Gasteiger partial charge in [-0.15, -0.1) is 11.3 Å². The molecule has 0 N–H and O–H groups in total. The molecule has 0 spiro atoms. The number of hydrogen-bond acceptors (Lipinski definition) is 6. The van der Waals surface area contributed by atoms with Gasteiger partial charge in [0.2, 0.25) is 0 Å². The number of thiophene rings is 1. The Bertz CT molecular complexity index is 1870. The molecule has 246 valence electrons. The molecule has 0 radical (unpaired) electrons. The second-order valence-corrected chi connectivity index (χ2v) is 13.6. The minimum absolute atomic E-state index is 0.345. The van der Waals surface area contributed by atoms with Crippen LogP contribution in [0, 0.1) is 0 Å². The first-order chi connectivity index (χ1) is 23.4. The molecule has 1 aromatic heterocycles. The number of carbonyl (C=O) groups is 1. The number of benzene rings is 4. The third kappa shape index (κ3) is 7.91. The number of esters is 1. The summed E-state index contributed by atoms with van der Waals surface area (Å²) in [5.41, 5.74) is 7.49. The molecule has 0 unspecified atom stereocenters. The molecule has 7 heteroatoms. The van der Waals surface area contributed by atoms with E-state index in [0.717, 1.165) is 59.5 Å². The van der Waals surface area contributed by atoms with Crippen molar-refractivity contribution in [3.05, 3.63) is 152 Å². The van der Waals surface area contributed by atoms with Gasteiger partial charge in [0, 0.05) is 29.5 Å². The van der Waals surface area contributed by atoms with Crippen molar-refractivity contribution >= 4 is 40.1 Å². The first kappa shape index (κ1) is 33.7. The number of allylic oxidation sites excluding steroid dienone is 1. The van der Waals surface area contributed by atoms with E-state index < -0.39 is 6.04 Å². The Morgan fingerprint density at radius 1 is 0.875 bits per heavy atom. The molecule has 48 heavy (non-hydrogen) atoms. The maximum atomic E-state index is 14.2. The number of likely N-dealkylation sites (N-methyl/N-ethyl adjacent to an activating group) is 1. The van der Waals surface area contributed by atoms with E-state index in [0.29, 0.717) is 23.9 Å². The molecule has 0 fully saturated rings. The van der Waals surface area contributed by atoms with Crippen LogP contribution in [0.3, 0.4) is 0 Å².